The standard InChI is InChI=1S/C27H30ClN5O4/c1-2-3-9-22(34)32(11-5-7-17-6-4-8-18(13-17)26(29)37)15-19-14-21(24(36)23(19)35)33-12-10-20-25(28)30-16-31-27(20)33/h4,6,8,10,12-13,16,19,21,23-24,35-36H,2-3,9,11,14-15H2,1H3,(H2,29,37)/t19-,21-,23-,24+/m1/s1. The minimum atomic E-state index is -1.04. The van der Waals surface area contributed by atoms with Crippen molar-refractivity contribution in [2.75, 3.05) is 13.1 Å². The van der Waals surface area contributed by atoms with E-state index < -0.39 is 24.2 Å². The molecule has 1 aliphatic rings. The van der Waals surface area contributed by atoms with Gasteiger partial charge >= 0.3 is 0 Å². The van der Waals surface area contributed by atoms with E-state index in [0.717, 1.165) is 12.8 Å². The summed E-state index contributed by atoms with van der Waals surface area (Å²) in [6.07, 6.45) is 3.53. The molecule has 0 bridgehead atoms. The number of aromatic nitrogens is 3. The maximum atomic E-state index is 13.0. The maximum Gasteiger partial charge on any atom is 0.248 e. The minimum Gasteiger partial charge on any atom is -0.390 e. The van der Waals surface area contributed by atoms with Crippen molar-refractivity contribution in [2.24, 2.45) is 11.7 Å². The van der Waals surface area contributed by atoms with Crippen LogP contribution in [-0.4, -0.2) is 66.8 Å². The van der Waals surface area contributed by atoms with Gasteiger partial charge in [0.1, 0.15) is 23.2 Å². The summed E-state index contributed by atoms with van der Waals surface area (Å²) < 4.78 is 1.81. The fourth-order valence-corrected chi connectivity index (χ4v) is 4.97. The summed E-state index contributed by atoms with van der Waals surface area (Å²) in [5, 5.41) is 22.8. The molecule has 9 nitrogen and oxygen atoms in total. The summed E-state index contributed by atoms with van der Waals surface area (Å²) >= 11 is 6.18. The zero-order valence-electron chi connectivity index (χ0n) is 20.5. The smallest absolute Gasteiger partial charge is 0.248 e. The number of amides is 2. The van der Waals surface area contributed by atoms with Gasteiger partial charge in [-0.1, -0.05) is 42.9 Å². The van der Waals surface area contributed by atoms with Gasteiger partial charge in [-0.2, -0.15) is 0 Å². The fraction of sp³-hybridized carbons (Fsp3) is 0.407. The molecular formula is C27H30ClN5O4. The van der Waals surface area contributed by atoms with Crippen LogP contribution in [0.3, 0.4) is 0 Å². The Morgan fingerprint density at radius 3 is 2.81 bits per heavy atom. The summed E-state index contributed by atoms with van der Waals surface area (Å²) in [5.74, 6) is 5.05. The largest absolute Gasteiger partial charge is 0.390 e. The second kappa shape index (κ2) is 11.7. The predicted molar refractivity (Wildman–Crippen MR) is 140 cm³/mol. The van der Waals surface area contributed by atoms with E-state index in [1.807, 2.05) is 11.5 Å². The van der Waals surface area contributed by atoms with Gasteiger partial charge in [0, 0.05) is 36.2 Å². The summed E-state index contributed by atoms with van der Waals surface area (Å²) in [4.78, 5) is 34.4. The highest BCUT2D eigenvalue weighted by Gasteiger charge is 2.43. The molecule has 0 spiro atoms. The Bertz CT molecular complexity index is 1350. The normalized spacial score (nSPS) is 21.0. The van der Waals surface area contributed by atoms with Crippen LogP contribution in [-0.2, 0) is 4.79 Å². The molecular weight excluding hydrogens is 494 g/mol. The zero-order chi connectivity index (χ0) is 26.5. The third-order valence-corrected chi connectivity index (χ3v) is 7.09. The first-order valence-corrected chi connectivity index (χ1v) is 12.7. The molecule has 1 fully saturated rings. The summed E-state index contributed by atoms with van der Waals surface area (Å²) in [6, 6.07) is 8.05. The first-order valence-electron chi connectivity index (χ1n) is 12.3. The van der Waals surface area contributed by atoms with Gasteiger partial charge in [0.15, 0.2) is 0 Å². The highest BCUT2D eigenvalue weighted by molar-refractivity contribution is 6.33. The molecule has 0 saturated heterocycles. The van der Waals surface area contributed by atoms with Crippen LogP contribution >= 0.6 is 11.6 Å². The molecule has 10 heteroatoms. The van der Waals surface area contributed by atoms with Gasteiger partial charge in [0.25, 0.3) is 0 Å². The molecule has 0 radical (unpaired) electrons. The Balaban J connectivity index is 1.52. The molecule has 2 amide bonds. The van der Waals surface area contributed by atoms with Crippen molar-refractivity contribution in [1.82, 2.24) is 19.4 Å². The van der Waals surface area contributed by atoms with Crippen LogP contribution in [0, 0.1) is 17.8 Å². The Kier molecular flexibility index (Phi) is 8.44. The second-order valence-corrected chi connectivity index (χ2v) is 9.65. The minimum absolute atomic E-state index is 0.0573. The number of carbonyl (C=O) groups excluding carboxylic acids is 2. The summed E-state index contributed by atoms with van der Waals surface area (Å²) in [6.45, 7) is 2.42. The molecule has 4 N–H and O–H groups in total. The van der Waals surface area contributed by atoms with Crippen LogP contribution < -0.4 is 5.73 Å². The molecule has 2 heterocycles. The third-order valence-electron chi connectivity index (χ3n) is 6.79. The van der Waals surface area contributed by atoms with Crippen molar-refractivity contribution in [2.45, 2.75) is 50.9 Å². The molecule has 1 saturated carbocycles. The maximum absolute atomic E-state index is 13.0. The number of aliphatic hydroxyl groups is 2. The van der Waals surface area contributed by atoms with Crippen LogP contribution in [0.15, 0.2) is 42.9 Å². The second-order valence-electron chi connectivity index (χ2n) is 9.29. The fourth-order valence-electron chi connectivity index (χ4n) is 4.77. The lowest BCUT2D eigenvalue weighted by molar-refractivity contribution is -0.131. The van der Waals surface area contributed by atoms with E-state index in [1.54, 1.807) is 41.4 Å². The number of nitrogens with two attached hydrogens (primary N) is 1. The van der Waals surface area contributed by atoms with Crippen LogP contribution in [0.25, 0.3) is 11.0 Å². The number of rotatable bonds is 8. The van der Waals surface area contributed by atoms with E-state index in [-0.39, 0.29) is 24.9 Å². The summed E-state index contributed by atoms with van der Waals surface area (Å²) in [7, 11) is 0. The van der Waals surface area contributed by atoms with Crippen LogP contribution in [0.2, 0.25) is 5.15 Å². The molecule has 1 aromatic carbocycles. The SMILES string of the molecule is CCCCC(=O)N(CC#Cc1cccc(C(N)=O)c1)C[C@H]1C[C@@H](n2ccc3c(Cl)ncnc32)[C@H](O)[C@@H]1O. The van der Waals surface area contributed by atoms with E-state index in [2.05, 4.69) is 21.8 Å². The van der Waals surface area contributed by atoms with Gasteiger partial charge in [0.05, 0.1) is 24.1 Å². The molecule has 0 aliphatic heterocycles. The van der Waals surface area contributed by atoms with Gasteiger partial charge in [-0.25, -0.2) is 9.97 Å². The number of halogens is 1. The monoisotopic (exact) mass is 523 g/mol. The molecule has 3 aromatic rings. The zero-order valence-corrected chi connectivity index (χ0v) is 21.3. The molecule has 2 aromatic heterocycles. The molecule has 4 atom stereocenters. The summed E-state index contributed by atoms with van der Waals surface area (Å²) in [5.41, 5.74) is 6.91. The number of nitrogens with zero attached hydrogens (tertiary/aromatic N) is 4. The highest BCUT2D eigenvalue weighted by atomic mass is 35.5. The van der Waals surface area contributed by atoms with Crippen molar-refractivity contribution in [3.8, 4) is 11.8 Å². The van der Waals surface area contributed by atoms with Crippen molar-refractivity contribution in [3.63, 3.8) is 0 Å². The van der Waals surface area contributed by atoms with Gasteiger partial charge in [-0.05, 0) is 37.1 Å². The van der Waals surface area contributed by atoms with Crippen LogP contribution in [0.5, 0.6) is 0 Å². The number of benzene rings is 1. The first kappa shape index (κ1) is 26.6. The van der Waals surface area contributed by atoms with E-state index in [4.69, 9.17) is 17.3 Å². The Labute approximate surface area is 220 Å². The van der Waals surface area contributed by atoms with E-state index in [1.165, 1.54) is 6.33 Å². The van der Waals surface area contributed by atoms with Gasteiger partial charge in [-0.3, -0.25) is 9.59 Å². The highest BCUT2D eigenvalue weighted by Crippen LogP contribution is 2.38. The quantitative estimate of drug-likeness (QED) is 0.307. The number of unbranched alkanes of at least 4 members (excludes halogenated alkanes) is 1. The van der Waals surface area contributed by atoms with Crippen molar-refractivity contribution in [3.05, 3.63) is 59.1 Å². The average molecular weight is 524 g/mol. The molecule has 1 aliphatic carbocycles. The molecule has 0 unspecified atom stereocenters. The van der Waals surface area contributed by atoms with Crippen molar-refractivity contribution in [1.29, 1.82) is 0 Å². The van der Waals surface area contributed by atoms with Crippen molar-refractivity contribution < 1.29 is 19.8 Å². The Hall–Kier alpha value is -3.45. The lowest BCUT2D eigenvalue weighted by atomic mass is 10.0. The van der Waals surface area contributed by atoms with Crippen LogP contribution in [0.1, 0.15) is 54.6 Å². The lowest BCUT2D eigenvalue weighted by Crippen LogP contribution is -2.39. The third kappa shape index (κ3) is 5.93. The Morgan fingerprint density at radius 1 is 1.24 bits per heavy atom. The number of hydrogen-bond acceptors (Lipinski definition) is 6. The Morgan fingerprint density at radius 2 is 2.05 bits per heavy atom. The van der Waals surface area contributed by atoms with Gasteiger partial charge < -0.3 is 25.4 Å². The number of primary amides is 1. The van der Waals surface area contributed by atoms with E-state index in [0.29, 0.717) is 40.2 Å². The first-order chi connectivity index (χ1) is 17.8. The van der Waals surface area contributed by atoms with Gasteiger partial charge in [0.2, 0.25) is 11.8 Å². The molecule has 194 valence electrons. The van der Waals surface area contributed by atoms with E-state index in [9.17, 15) is 19.8 Å². The van der Waals surface area contributed by atoms with E-state index >= 15 is 0 Å². The van der Waals surface area contributed by atoms with Gasteiger partial charge in [-0.15, -0.1) is 0 Å². The predicted octanol–water partition coefficient (Wildman–Crippen LogP) is 2.54. The van der Waals surface area contributed by atoms with Crippen molar-refractivity contribution >= 4 is 34.4 Å². The molecule has 37 heavy (non-hydrogen) atoms. The number of fused-ring (bicyclic) bond motifs is 1. The van der Waals surface area contributed by atoms with Crippen LogP contribution in [0.4, 0.5) is 0 Å². The lowest BCUT2D eigenvalue weighted by Gasteiger charge is -2.26. The number of aliphatic hydroxyl groups excluding tert-OH is 2. The topological polar surface area (TPSA) is 135 Å². The average Bonchev–Trinajstić information content (AvgIpc) is 3.44. The number of carbonyl (C=O) groups is 2. The molecule has 4 rings (SSSR count). The number of hydrogen-bond donors (Lipinski definition) is 3.